The Morgan fingerprint density at radius 3 is 2.25 bits per heavy atom. The molecule has 1 aromatic carbocycles. The Hall–Kier alpha value is -2.04. The molecular formula is C19H29N2O3. The van der Waals surface area contributed by atoms with Gasteiger partial charge in [0.1, 0.15) is 5.75 Å². The summed E-state index contributed by atoms with van der Waals surface area (Å²) >= 11 is 0. The van der Waals surface area contributed by atoms with Gasteiger partial charge in [-0.3, -0.25) is 9.59 Å². The lowest BCUT2D eigenvalue weighted by atomic mass is 10.1. The Labute approximate surface area is 144 Å². The zero-order chi connectivity index (χ0) is 17.8. The third-order valence-corrected chi connectivity index (χ3v) is 4.06. The molecule has 0 aliphatic heterocycles. The zero-order valence-electron chi connectivity index (χ0n) is 14.6. The predicted molar refractivity (Wildman–Crippen MR) is 97.8 cm³/mol. The summed E-state index contributed by atoms with van der Waals surface area (Å²) in [4.78, 5) is 22.5. The van der Waals surface area contributed by atoms with Gasteiger partial charge in [0, 0.05) is 12.5 Å². The third kappa shape index (κ3) is 7.49. The van der Waals surface area contributed by atoms with Crippen LogP contribution in [-0.2, 0) is 9.59 Å². The quantitative estimate of drug-likeness (QED) is 0.302. The molecule has 1 aromatic rings. The number of carbonyl (C=O) groups excluding carboxylic acids is 2. The summed E-state index contributed by atoms with van der Waals surface area (Å²) in [7, 11) is 0. The Morgan fingerprint density at radius 2 is 1.67 bits per heavy atom. The number of carbonyl (C=O) groups is 1. The molecule has 0 unspecified atom stereocenters. The number of phenols is 1. The molecule has 1 amide bonds. The fourth-order valence-electron chi connectivity index (χ4n) is 2.60. The second-order valence-corrected chi connectivity index (χ2v) is 6.19. The van der Waals surface area contributed by atoms with Gasteiger partial charge in [-0.1, -0.05) is 58.3 Å². The van der Waals surface area contributed by atoms with E-state index in [-0.39, 0.29) is 22.9 Å². The van der Waals surface area contributed by atoms with Crippen molar-refractivity contribution in [1.29, 1.82) is 0 Å². The molecule has 0 fully saturated rings. The topological polar surface area (TPSA) is 92.4 Å². The number of rotatable bonds is 12. The van der Waals surface area contributed by atoms with Crippen LogP contribution in [0.15, 0.2) is 12.1 Å². The maximum Gasteiger partial charge on any atom is 0.237 e. The minimum absolute atomic E-state index is 0.00978. The first-order valence-electron chi connectivity index (χ1n) is 8.89. The highest BCUT2D eigenvalue weighted by molar-refractivity contribution is 5.95. The van der Waals surface area contributed by atoms with Gasteiger partial charge in [0.25, 0.3) is 0 Å². The SMILES string of the molecule is CCCCCCCCCCCC(=O)Nc1cc(O)c([C]=O)cc1N. The number of hydrogen-bond donors (Lipinski definition) is 3. The van der Waals surface area contributed by atoms with Crippen molar-refractivity contribution in [3.8, 4) is 5.75 Å². The van der Waals surface area contributed by atoms with Crippen molar-refractivity contribution in [2.45, 2.75) is 71.1 Å². The molecule has 0 aromatic heterocycles. The molecule has 5 heteroatoms. The van der Waals surface area contributed by atoms with Crippen LogP contribution in [0.2, 0.25) is 0 Å². The smallest absolute Gasteiger partial charge is 0.237 e. The van der Waals surface area contributed by atoms with E-state index in [0.29, 0.717) is 12.1 Å². The largest absolute Gasteiger partial charge is 0.507 e. The molecule has 0 aliphatic carbocycles. The molecule has 1 radical (unpaired) electrons. The summed E-state index contributed by atoms with van der Waals surface area (Å²) in [5.41, 5.74) is 6.31. The van der Waals surface area contributed by atoms with Crippen molar-refractivity contribution < 1.29 is 14.7 Å². The van der Waals surface area contributed by atoms with Crippen LogP contribution in [0.1, 0.15) is 76.7 Å². The maximum atomic E-state index is 11.9. The van der Waals surface area contributed by atoms with Crippen molar-refractivity contribution in [3.63, 3.8) is 0 Å². The van der Waals surface area contributed by atoms with Crippen molar-refractivity contribution in [1.82, 2.24) is 0 Å². The van der Waals surface area contributed by atoms with Gasteiger partial charge in [-0.15, -0.1) is 0 Å². The molecule has 0 heterocycles. The van der Waals surface area contributed by atoms with Crippen LogP contribution < -0.4 is 11.1 Å². The van der Waals surface area contributed by atoms with E-state index in [4.69, 9.17) is 5.73 Å². The third-order valence-electron chi connectivity index (χ3n) is 4.06. The van der Waals surface area contributed by atoms with Crippen LogP contribution in [0, 0.1) is 0 Å². The number of nitrogens with one attached hydrogen (secondary N) is 1. The van der Waals surface area contributed by atoms with E-state index in [1.165, 1.54) is 50.7 Å². The average molecular weight is 333 g/mol. The summed E-state index contributed by atoms with van der Waals surface area (Å²) < 4.78 is 0. The Balaban J connectivity index is 2.21. The van der Waals surface area contributed by atoms with Crippen LogP contribution in [0.4, 0.5) is 11.4 Å². The van der Waals surface area contributed by atoms with Gasteiger partial charge >= 0.3 is 0 Å². The monoisotopic (exact) mass is 333 g/mol. The summed E-state index contributed by atoms with van der Waals surface area (Å²) in [5, 5.41) is 12.3. The van der Waals surface area contributed by atoms with E-state index in [1.807, 2.05) is 0 Å². The normalized spacial score (nSPS) is 10.5. The number of nitrogens with two attached hydrogens (primary N) is 1. The molecule has 0 saturated carbocycles. The highest BCUT2D eigenvalue weighted by atomic mass is 16.3. The van der Waals surface area contributed by atoms with Gasteiger partial charge in [0.05, 0.1) is 16.9 Å². The summed E-state index contributed by atoms with van der Waals surface area (Å²) in [5.74, 6) is -0.371. The Kier molecular flexibility index (Phi) is 9.58. The van der Waals surface area contributed by atoms with E-state index in [0.717, 1.165) is 19.3 Å². The van der Waals surface area contributed by atoms with Crippen LogP contribution in [0.3, 0.4) is 0 Å². The van der Waals surface area contributed by atoms with Gasteiger partial charge < -0.3 is 16.2 Å². The van der Waals surface area contributed by atoms with Crippen molar-refractivity contribution in [2.24, 2.45) is 0 Å². The van der Waals surface area contributed by atoms with Crippen LogP contribution in [0.25, 0.3) is 0 Å². The first-order valence-corrected chi connectivity index (χ1v) is 8.89. The van der Waals surface area contributed by atoms with Gasteiger partial charge in [0.2, 0.25) is 12.2 Å². The highest BCUT2D eigenvalue weighted by Crippen LogP contribution is 2.27. The standard InChI is InChI=1S/C19H29N2O3/c1-2-3-4-5-6-7-8-9-10-11-19(24)21-17-13-18(23)15(14-22)12-16(17)20/h12-13,23H,2-11,20H2,1H3,(H,21,24). The van der Waals surface area contributed by atoms with Gasteiger partial charge in [-0.05, 0) is 12.5 Å². The number of nitrogen functional groups attached to an aromatic ring is 1. The van der Waals surface area contributed by atoms with Gasteiger partial charge in [-0.2, -0.15) is 0 Å². The molecule has 5 nitrogen and oxygen atoms in total. The van der Waals surface area contributed by atoms with Crippen LogP contribution in [-0.4, -0.2) is 17.3 Å². The number of benzene rings is 1. The fourth-order valence-corrected chi connectivity index (χ4v) is 2.60. The summed E-state index contributed by atoms with van der Waals surface area (Å²) in [6.07, 6.45) is 12.8. The molecule has 0 saturated heterocycles. The molecule has 0 atom stereocenters. The number of anilines is 2. The lowest BCUT2D eigenvalue weighted by molar-refractivity contribution is -0.116. The number of hydrogen-bond acceptors (Lipinski definition) is 4. The molecule has 133 valence electrons. The van der Waals surface area contributed by atoms with Crippen molar-refractivity contribution in [3.05, 3.63) is 17.7 Å². The number of amides is 1. The minimum atomic E-state index is -0.238. The second-order valence-electron chi connectivity index (χ2n) is 6.19. The van der Waals surface area contributed by atoms with E-state index < -0.39 is 0 Å². The van der Waals surface area contributed by atoms with Gasteiger partial charge in [0.15, 0.2) is 0 Å². The van der Waals surface area contributed by atoms with Crippen LogP contribution >= 0.6 is 0 Å². The minimum Gasteiger partial charge on any atom is -0.507 e. The van der Waals surface area contributed by atoms with Crippen LogP contribution in [0.5, 0.6) is 5.75 Å². The number of phenolic OH excluding ortho intramolecular Hbond substituents is 1. The van der Waals surface area contributed by atoms with Gasteiger partial charge in [-0.25, -0.2) is 0 Å². The number of aromatic hydroxyl groups is 1. The second kappa shape index (κ2) is 11.5. The van der Waals surface area contributed by atoms with E-state index >= 15 is 0 Å². The molecule has 1 rings (SSSR count). The van der Waals surface area contributed by atoms with E-state index in [1.54, 1.807) is 6.29 Å². The summed E-state index contributed by atoms with van der Waals surface area (Å²) in [6, 6.07) is 2.58. The van der Waals surface area contributed by atoms with Crippen molar-refractivity contribution in [2.75, 3.05) is 11.1 Å². The number of unbranched alkanes of at least 4 members (excludes halogenated alkanes) is 8. The van der Waals surface area contributed by atoms with E-state index in [2.05, 4.69) is 12.2 Å². The Morgan fingerprint density at radius 1 is 1.08 bits per heavy atom. The van der Waals surface area contributed by atoms with E-state index in [9.17, 15) is 14.7 Å². The first kappa shape index (κ1) is 20.0. The average Bonchev–Trinajstić information content (AvgIpc) is 2.56. The molecule has 0 aliphatic rings. The van der Waals surface area contributed by atoms with Crippen molar-refractivity contribution >= 4 is 23.6 Å². The predicted octanol–water partition coefficient (Wildman–Crippen LogP) is 4.29. The summed E-state index contributed by atoms with van der Waals surface area (Å²) in [6.45, 7) is 2.22. The molecule has 0 spiro atoms. The first-order chi connectivity index (χ1) is 11.6. The molecular weight excluding hydrogens is 304 g/mol. The lowest BCUT2D eigenvalue weighted by Gasteiger charge is -2.09. The highest BCUT2D eigenvalue weighted by Gasteiger charge is 2.10. The maximum absolute atomic E-state index is 11.9. The molecule has 24 heavy (non-hydrogen) atoms. The lowest BCUT2D eigenvalue weighted by Crippen LogP contribution is -2.12. The fraction of sp³-hybridized carbons (Fsp3) is 0.579. The molecule has 4 N–H and O–H groups in total. The molecule has 0 bridgehead atoms. The Bertz CT molecular complexity index is 530. The zero-order valence-corrected chi connectivity index (χ0v) is 14.6.